The molecule has 0 amide bonds. The molecule has 6 rings (SSSR count). The van der Waals surface area contributed by atoms with E-state index >= 15 is 0 Å². The first-order valence-corrected chi connectivity index (χ1v) is 9.92. The monoisotopic (exact) mass is 433 g/mol. The van der Waals surface area contributed by atoms with Crippen LogP contribution in [0.1, 0.15) is 0 Å². The zero-order valence-corrected chi connectivity index (χ0v) is 16.8. The van der Waals surface area contributed by atoms with Gasteiger partial charge in [-0.05, 0) is 35.0 Å². The third-order valence-corrected chi connectivity index (χ3v) is 5.33. The fourth-order valence-corrected chi connectivity index (χ4v) is 3.86. The molecule has 33 heavy (non-hydrogen) atoms. The second kappa shape index (κ2) is 8.61. The summed E-state index contributed by atoms with van der Waals surface area (Å²) in [5.41, 5.74) is 1.24. The van der Waals surface area contributed by atoms with E-state index in [0.29, 0.717) is 21.8 Å². The fourth-order valence-electron chi connectivity index (χ4n) is 3.86. The Bertz CT molecular complexity index is 1510. The van der Waals surface area contributed by atoms with Crippen molar-refractivity contribution in [3.05, 3.63) is 84.9 Å². The number of nitrogens with zero attached hydrogens (tertiary/aromatic N) is 2. The second-order valence-electron chi connectivity index (χ2n) is 7.36. The van der Waals surface area contributed by atoms with Gasteiger partial charge in [-0.3, -0.25) is 0 Å². The molecule has 2 heterocycles. The van der Waals surface area contributed by atoms with Crippen LogP contribution in [0.15, 0.2) is 84.9 Å². The van der Waals surface area contributed by atoms with E-state index in [1.807, 2.05) is 36.4 Å². The molecule has 0 saturated heterocycles. The van der Waals surface area contributed by atoms with Crippen molar-refractivity contribution < 1.29 is 20.4 Å². The van der Waals surface area contributed by atoms with E-state index < -0.39 is 0 Å². The molecule has 0 atom stereocenters. The van der Waals surface area contributed by atoms with Gasteiger partial charge in [-0.15, -0.1) is 0 Å². The topological polar surface area (TPSA) is 107 Å². The van der Waals surface area contributed by atoms with Gasteiger partial charge >= 0.3 is 10.1 Å². The molecule has 0 bridgehead atoms. The summed E-state index contributed by atoms with van der Waals surface area (Å²) in [4.78, 5) is 8.12. The van der Waals surface area contributed by atoms with Crippen molar-refractivity contribution in [2.24, 2.45) is 0 Å². The standard InChI is InChI=1S/2C13H9NO2.Be.2H/c2*15-10-3-1-2-8-4-5-9-6-7-11(16)14-13(9)12(8)10;;;/h2*1-7,15H,(H,14,16);;;. The molecule has 4 N–H and O–H groups in total. The molecule has 6 nitrogen and oxygen atoms in total. The second-order valence-corrected chi connectivity index (χ2v) is 7.36. The maximum absolute atomic E-state index is 9.84. The number of phenols is 2. The van der Waals surface area contributed by atoms with Crippen molar-refractivity contribution in [3.8, 4) is 23.3 Å². The van der Waals surface area contributed by atoms with Crippen LogP contribution in [0.5, 0.6) is 23.3 Å². The molecule has 0 fully saturated rings. The maximum atomic E-state index is 9.84. The zero-order chi connectivity index (χ0) is 22.2. The Hall–Kier alpha value is -4.41. The average molecular weight is 433 g/mol. The molecule has 160 valence electrons. The van der Waals surface area contributed by atoms with Gasteiger partial charge in [0.15, 0.2) is 0 Å². The van der Waals surface area contributed by atoms with E-state index in [9.17, 15) is 20.4 Å². The van der Waals surface area contributed by atoms with Crippen LogP contribution in [-0.2, 0) is 0 Å². The minimum absolute atomic E-state index is 0. The summed E-state index contributed by atoms with van der Waals surface area (Å²) in [5, 5.41) is 43.4. The van der Waals surface area contributed by atoms with E-state index in [-0.39, 0.29) is 33.4 Å². The Morgan fingerprint density at radius 1 is 0.424 bits per heavy atom. The van der Waals surface area contributed by atoms with Crippen molar-refractivity contribution in [1.29, 1.82) is 0 Å². The molecule has 0 aliphatic carbocycles. The molecule has 0 radical (unpaired) electrons. The summed E-state index contributed by atoms with van der Waals surface area (Å²) >= 11 is 0. The van der Waals surface area contributed by atoms with Gasteiger partial charge in [-0.25, -0.2) is 9.97 Å². The summed E-state index contributed by atoms with van der Waals surface area (Å²) in [7, 11) is 0. The van der Waals surface area contributed by atoms with Gasteiger partial charge in [0, 0.05) is 33.7 Å². The molecule has 6 aromatic rings. The normalized spacial score (nSPS) is 10.7. The zero-order valence-electron chi connectivity index (χ0n) is 16.8. The van der Waals surface area contributed by atoms with Crippen LogP contribution in [0.4, 0.5) is 0 Å². The SMILES string of the molecule is Oc1ccc2ccc3cccc(O)c3c2n1.Oc1ccc2ccc3cccc(O)c3c2n1.[BeH2]. The van der Waals surface area contributed by atoms with Crippen molar-refractivity contribution in [1.82, 2.24) is 9.97 Å². The molecular weight excluding hydrogens is 413 g/mol. The molecular formula is C26H20BeN2O4. The van der Waals surface area contributed by atoms with Gasteiger partial charge in [0.05, 0.1) is 11.0 Å². The number of fused-ring (bicyclic) bond motifs is 6. The van der Waals surface area contributed by atoms with Crippen LogP contribution in [0.2, 0.25) is 0 Å². The number of hydrogen-bond donors (Lipinski definition) is 4. The molecule has 4 aromatic carbocycles. The summed E-state index contributed by atoms with van der Waals surface area (Å²) in [6.07, 6.45) is 0. The van der Waals surface area contributed by atoms with Gasteiger partial charge in [0.25, 0.3) is 0 Å². The van der Waals surface area contributed by atoms with Gasteiger partial charge in [-0.2, -0.15) is 0 Å². The molecule has 0 aliphatic rings. The summed E-state index contributed by atoms with van der Waals surface area (Å²) in [6.45, 7) is 0. The van der Waals surface area contributed by atoms with Gasteiger partial charge in [0.1, 0.15) is 11.5 Å². The Morgan fingerprint density at radius 3 is 1.21 bits per heavy atom. The van der Waals surface area contributed by atoms with E-state index in [1.54, 1.807) is 36.4 Å². The molecule has 0 saturated carbocycles. The van der Waals surface area contributed by atoms with Crippen molar-refractivity contribution in [2.45, 2.75) is 0 Å². The number of aromatic nitrogens is 2. The van der Waals surface area contributed by atoms with Crippen LogP contribution in [0, 0.1) is 0 Å². The number of pyridine rings is 2. The first-order chi connectivity index (χ1) is 15.5. The summed E-state index contributed by atoms with van der Waals surface area (Å²) in [5.74, 6) is 0.286. The van der Waals surface area contributed by atoms with Crippen LogP contribution in [0.3, 0.4) is 0 Å². The molecule has 0 spiro atoms. The van der Waals surface area contributed by atoms with Crippen LogP contribution < -0.4 is 0 Å². The molecule has 0 unspecified atom stereocenters. The van der Waals surface area contributed by atoms with Crippen molar-refractivity contribution in [3.63, 3.8) is 0 Å². The van der Waals surface area contributed by atoms with Crippen molar-refractivity contribution >= 4 is 53.5 Å². The first-order valence-electron chi connectivity index (χ1n) is 9.92. The Balaban J connectivity index is 0.000000152. The molecule has 2 aromatic heterocycles. The Kier molecular flexibility index (Phi) is 5.69. The number of rotatable bonds is 0. The van der Waals surface area contributed by atoms with Crippen LogP contribution >= 0.6 is 0 Å². The van der Waals surface area contributed by atoms with E-state index in [4.69, 9.17) is 0 Å². The number of benzene rings is 4. The third-order valence-electron chi connectivity index (χ3n) is 5.33. The van der Waals surface area contributed by atoms with Gasteiger partial charge < -0.3 is 20.4 Å². The van der Waals surface area contributed by atoms with Crippen molar-refractivity contribution in [2.75, 3.05) is 0 Å². The van der Waals surface area contributed by atoms with E-state index in [1.165, 1.54) is 12.1 Å². The van der Waals surface area contributed by atoms with E-state index in [2.05, 4.69) is 9.97 Å². The van der Waals surface area contributed by atoms with Crippen LogP contribution in [0.25, 0.3) is 43.4 Å². The predicted molar refractivity (Wildman–Crippen MR) is 134 cm³/mol. The number of hydrogen-bond acceptors (Lipinski definition) is 6. The Morgan fingerprint density at radius 2 is 0.788 bits per heavy atom. The molecule has 0 aliphatic heterocycles. The molecule has 7 heteroatoms. The Labute approximate surface area is 192 Å². The first kappa shape index (κ1) is 21.8. The number of aromatic hydroxyl groups is 4. The third kappa shape index (κ3) is 3.95. The summed E-state index contributed by atoms with van der Waals surface area (Å²) < 4.78 is 0. The number of phenolic OH excluding ortho intramolecular Hbond substituents is 2. The predicted octanol–water partition coefficient (Wildman–Crippen LogP) is 4.68. The minimum atomic E-state index is -0.0387. The average Bonchev–Trinajstić information content (AvgIpc) is 2.79. The van der Waals surface area contributed by atoms with Gasteiger partial charge in [-0.1, -0.05) is 48.5 Å². The fraction of sp³-hybridized carbons (Fsp3) is 0. The van der Waals surface area contributed by atoms with Gasteiger partial charge in [0.2, 0.25) is 11.8 Å². The quantitative estimate of drug-likeness (QED) is 0.205. The summed E-state index contributed by atoms with van der Waals surface area (Å²) in [6, 6.07) is 24.9. The van der Waals surface area contributed by atoms with Crippen LogP contribution in [-0.4, -0.2) is 40.5 Å². The van der Waals surface area contributed by atoms with E-state index in [0.717, 1.165) is 21.5 Å².